The van der Waals surface area contributed by atoms with Gasteiger partial charge in [-0.2, -0.15) is 0 Å². The number of carbonyl (C=O) groups excluding carboxylic acids is 2. The molecule has 9 nitrogen and oxygen atoms in total. The molecule has 0 aromatic carbocycles. The monoisotopic (exact) mass is 533 g/mol. The quantitative estimate of drug-likeness (QED) is 0.405. The van der Waals surface area contributed by atoms with Crippen molar-refractivity contribution in [2.45, 2.75) is 51.1 Å². The van der Waals surface area contributed by atoms with Crippen LogP contribution in [0, 0.1) is 18.8 Å². The Balaban J connectivity index is 0.00000289. The molecule has 3 heterocycles. The number of hydrogen-bond donors (Lipinski definition) is 4. The summed E-state index contributed by atoms with van der Waals surface area (Å²) in [6.07, 6.45) is 4.12. The van der Waals surface area contributed by atoms with E-state index in [0.717, 1.165) is 37.0 Å². The van der Waals surface area contributed by atoms with Crippen LogP contribution >= 0.6 is 34.5 Å². The van der Waals surface area contributed by atoms with Crippen molar-refractivity contribution in [1.82, 2.24) is 20.6 Å². The van der Waals surface area contributed by atoms with E-state index >= 15 is 0 Å². The van der Waals surface area contributed by atoms with Gasteiger partial charge in [-0.25, -0.2) is 9.78 Å². The molecule has 1 unspecified atom stereocenters. The number of aromatic nitrogens is 2. The molecule has 2 amide bonds. The number of amides is 2. The second-order valence-electron chi connectivity index (χ2n) is 9.29. The van der Waals surface area contributed by atoms with Crippen LogP contribution < -0.4 is 15.5 Å². The molecular formula is C22H26Cl2LiN5O4S. The fraction of sp³-hybridized carbons (Fsp3) is 0.545. The zero-order valence-corrected chi connectivity index (χ0v) is 20.8. The van der Waals surface area contributed by atoms with Gasteiger partial charge in [0.05, 0.1) is 22.2 Å². The van der Waals surface area contributed by atoms with Gasteiger partial charge >= 0.3 is 24.8 Å². The Morgan fingerprint density at radius 2 is 1.80 bits per heavy atom. The van der Waals surface area contributed by atoms with Gasteiger partial charge in [-0.3, -0.25) is 9.59 Å². The van der Waals surface area contributed by atoms with Crippen LogP contribution in [0.5, 0.6) is 0 Å². The number of nitrogens with one attached hydrogen (secondary N) is 3. The molecule has 35 heavy (non-hydrogen) atoms. The second-order valence-corrected chi connectivity index (χ2v) is 11.0. The second kappa shape index (κ2) is 10.3. The van der Waals surface area contributed by atoms with E-state index < -0.39 is 5.97 Å². The molecule has 3 aliphatic rings. The van der Waals surface area contributed by atoms with Crippen molar-refractivity contribution in [3.63, 3.8) is 0 Å². The van der Waals surface area contributed by atoms with Crippen LogP contribution in [0.3, 0.4) is 0 Å². The maximum absolute atomic E-state index is 12.6. The van der Waals surface area contributed by atoms with E-state index in [1.807, 2.05) is 4.90 Å². The average Bonchev–Trinajstić information content (AvgIpc) is 3.35. The summed E-state index contributed by atoms with van der Waals surface area (Å²) in [6, 6.07) is 0.204. The summed E-state index contributed by atoms with van der Waals surface area (Å²) < 4.78 is 0. The fourth-order valence-electron chi connectivity index (χ4n) is 5.11. The van der Waals surface area contributed by atoms with E-state index in [2.05, 4.69) is 20.6 Å². The summed E-state index contributed by atoms with van der Waals surface area (Å²) in [7, 11) is 0. The van der Waals surface area contributed by atoms with Crippen LogP contribution in [-0.4, -0.2) is 76.9 Å². The number of thiazole rings is 1. The van der Waals surface area contributed by atoms with Crippen LogP contribution in [-0.2, 0) is 11.2 Å². The molecule has 0 radical (unpaired) electrons. The SMILES string of the molecule is Cc1[nH]c(C(=O)NC2[C@H]3CN(c4nc(CC(=O)NC5CCCC5)c(C(=O)O)s4)C[C@@H]23)c(Cl)c1Cl.[LiH]. The van der Waals surface area contributed by atoms with Crippen LogP contribution in [0.15, 0.2) is 0 Å². The summed E-state index contributed by atoms with van der Waals surface area (Å²) >= 11 is 13.3. The molecule has 13 heteroatoms. The Hall–Kier alpha value is -1.70. The molecule has 184 valence electrons. The minimum absolute atomic E-state index is 0. The normalized spacial score (nSPS) is 23.1. The molecule has 3 fully saturated rings. The van der Waals surface area contributed by atoms with Crippen molar-refractivity contribution in [3.8, 4) is 0 Å². The van der Waals surface area contributed by atoms with Gasteiger partial charge in [0.2, 0.25) is 5.91 Å². The first kappa shape index (κ1) is 26.4. The molecule has 0 spiro atoms. The van der Waals surface area contributed by atoms with Gasteiger partial charge in [-0.15, -0.1) is 0 Å². The Labute approximate surface area is 228 Å². The van der Waals surface area contributed by atoms with Gasteiger partial charge in [0.15, 0.2) is 5.13 Å². The number of aromatic carboxylic acids is 1. The molecule has 3 atom stereocenters. The van der Waals surface area contributed by atoms with E-state index in [1.54, 1.807) is 6.92 Å². The number of aryl methyl sites for hydroxylation is 1. The minimum atomic E-state index is -1.07. The van der Waals surface area contributed by atoms with E-state index in [0.29, 0.717) is 34.6 Å². The third kappa shape index (κ3) is 5.23. The number of nitrogens with zero attached hydrogens (tertiary/aromatic N) is 2. The number of fused-ring (bicyclic) bond motifs is 1. The van der Waals surface area contributed by atoms with Crippen molar-refractivity contribution in [2.75, 3.05) is 18.0 Å². The number of aromatic amines is 1. The number of anilines is 1. The zero-order chi connectivity index (χ0) is 24.1. The van der Waals surface area contributed by atoms with Crippen molar-refractivity contribution >= 4 is 76.3 Å². The first-order valence-electron chi connectivity index (χ1n) is 11.3. The molecular weight excluding hydrogens is 508 g/mol. The predicted octanol–water partition coefficient (Wildman–Crippen LogP) is 2.60. The molecule has 2 aliphatic carbocycles. The summed E-state index contributed by atoms with van der Waals surface area (Å²) in [6.45, 7) is 3.07. The van der Waals surface area contributed by atoms with E-state index in [9.17, 15) is 19.5 Å². The van der Waals surface area contributed by atoms with E-state index in [-0.39, 0.29) is 76.6 Å². The Morgan fingerprint density at radius 1 is 1.14 bits per heavy atom. The number of carboxylic acids is 1. The number of rotatable bonds is 7. The number of halogens is 2. The predicted molar refractivity (Wildman–Crippen MR) is 136 cm³/mol. The molecule has 2 aromatic heterocycles. The van der Waals surface area contributed by atoms with Gasteiger partial charge in [0, 0.05) is 42.7 Å². The van der Waals surface area contributed by atoms with Gasteiger partial charge in [0.25, 0.3) is 5.91 Å². The van der Waals surface area contributed by atoms with Crippen molar-refractivity contribution in [3.05, 3.63) is 32.0 Å². The molecule has 5 rings (SSSR count). The number of carbonyl (C=O) groups is 3. The van der Waals surface area contributed by atoms with Gasteiger partial charge in [-0.1, -0.05) is 47.4 Å². The molecule has 2 saturated carbocycles. The molecule has 4 N–H and O–H groups in total. The Bertz CT molecular complexity index is 1150. The molecule has 1 aliphatic heterocycles. The molecule has 0 bridgehead atoms. The number of H-pyrrole nitrogens is 1. The van der Waals surface area contributed by atoms with Crippen LogP contribution in [0.2, 0.25) is 10.0 Å². The first-order chi connectivity index (χ1) is 16.2. The zero-order valence-electron chi connectivity index (χ0n) is 18.5. The molecule has 1 saturated heterocycles. The Kier molecular flexibility index (Phi) is 7.79. The summed E-state index contributed by atoms with van der Waals surface area (Å²) in [5.41, 5.74) is 1.21. The fourth-order valence-corrected chi connectivity index (χ4v) is 6.47. The van der Waals surface area contributed by atoms with Crippen LogP contribution in [0.1, 0.15) is 57.2 Å². The van der Waals surface area contributed by atoms with Crippen molar-refractivity contribution in [1.29, 1.82) is 0 Å². The van der Waals surface area contributed by atoms with Crippen molar-refractivity contribution < 1.29 is 19.5 Å². The van der Waals surface area contributed by atoms with Crippen LogP contribution in [0.25, 0.3) is 0 Å². The number of carboxylic acid groups (broad SMARTS) is 1. The van der Waals surface area contributed by atoms with Gasteiger partial charge < -0.3 is 25.6 Å². The Morgan fingerprint density at radius 3 is 2.37 bits per heavy atom. The maximum atomic E-state index is 12.6. The van der Waals surface area contributed by atoms with Gasteiger partial charge in [-0.05, 0) is 19.8 Å². The average molecular weight is 534 g/mol. The number of piperidine rings is 1. The van der Waals surface area contributed by atoms with E-state index in [4.69, 9.17) is 23.2 Å². The van der Waals surface area contributed by atoms with Gasteiger partial charge in [0.1, 0.15) is 10.6 Å². The summed E-state index contributed by atoms with van der Waals surface area (Å²) in [5.74, 6) is -1.04. The standard InChI is InChI=1S/C22H25Cl2N5O4S.Li.H/c1-9-15(23)16(24)18(25-9)20(31)28-17-11-7-29(8-12(11)17)22-27-13(19(34-22)21(32)33)6-14(30)26-10-4-2-3-5-10;;/h10-12,17,25H,2-8H2,1H3,(H,26,30)(H,28,31)(H,32,33);;/t11-,12+,17?;;. The third-order valence-electron chi connectivity index (χ3n) is 6.97. The molecule has 2 aromatic rings. The third-order valence-corrected chi connectivity index (χ3v) is 9.07. The van der Waals surface area contributed by atoms with E-state index in [1.165, 1.54) is 0 Å². The first-order valence-corrected chi connectivity index (χ1v) is 12.9. The summed E-state index contributed by atoms with van der Waals surface area (Å²) in [4.78, 5) is 46.4. The summed E-state index contributed by atoms with van der Waals surface area (Å²) in [5, 5.41) is 16.8. The van der Waals surface area contributed by atoms with Crippen LogP contribution in [0.4, 0.5) is 5.13 Å². The van der Waals surface area contributed by atoms with Crippen molar-refractivity contribution in [2.24, 2.45) is 11.8 Å². The number of hydrogen-bond acceptors (Lipinski definition) is 6. The topological polar surface area (TPSA) is 127 Å².